The Bertz CT molecular complexity index is 280. The molecular weight excluding hydrogens is 174 g/mol. The average Bonchev–Trinajstić information content (AvgIpc) is 2.25. The number of hydrogen-bond donors (Lipinski definition) is 0. The van der Waals surface area contributed by atoms with Crippen molar-refractivity contribution in [3.63, 3.8) is 0 Å². The molecular formula is C12H17NO. The van der Waals surface area contributed by atoms with Crippen LogP contribution in [0.5, 0.6) is 0 Å². The smallest absolute Gasteiger partial charge is 0.0884 e. The summed E-state index contributed by atoms with van der Waals surface area (Å²) in [6.45, 7) is 1.97. The number of ether oxygens (including phenoxy) is 1. The zero-order valence-electron chi connectivity index (χ0n) is 8.86. The van der Waals surface area contributed by atoms with Gasteiger partial charge >= 0.3 is 0 Å². The first-order chi connectivity index (χ1) is 6.83. The van der Waals surface area contributed by atoms with Gasteiger partial charge < -0.3 is 4.74 Å². The molecule has 0 radical (unpaired) electrons. The molecule has 0 aromatic carbocycles. The van der Waals surface area contributed by atoms with E-state index in [0.717, 1.165) is 30.7 Å². The molecule has 1 aromatic heterocycles. The molecule has 0 spiro atoms. The van der Waals surface area contributed by atoms with Gasteiger partial charge in [0.2, 0.25) is 0 Å². The van der Waals surface area contributed by atoms with Crippen LogP contribution >= 0.6 is 0 Å². The fraction of sp³-hybridized carbons (Fsp3) is 0.417. The predicted octanol–water partition coefficient (Wildman–Crippen LogP) is 2.95. The van der Waals surface area contributed by atoms with Crippen molar-refractivity contribution in [3.8, 4) is 0 Å². The van der Waals surface area contributed by atoms with Gasteiger partial charge in [0.25, 0.3) is 0 Å². The number of rotatable bonds is 5. The number of unbranched alkanes of at least 4 members (excludes halogenated alkanes) is 1. The molecule has 0 N–H and O–H groups in total. The Labute approximate surface area is 85.6 Å². The van der Waals surface area contributed by atoms with E-state index in [1.54, 1.807) is 7.11 Å². The summed E-state index contributed by atoms with van der Waals surface area (Å²) in [5.74, 6) is 0.992. The molecule has 0 bridgehead atoms. The highest BCUT2D eigenvalue weighted by molar-refractivity contribution is 5.03. The highest BCUT2D eigenvalue weighted by Gasteiger charge is 1.92. The van der Waals surface area contributed by atoms with Gasteiger partial charge in [0.1, 0.15) is 0 Å². The molecule has 0 atom stereocenters. The summed E-state index contributed by atoms with van der Waals surface area (Å²) in [5.41, 5.74) is 1.16. The van der Waals surface area contributed by atoms with Crippen molar-refractivity contribution >= 4 is 0 Å². The zero-order valence-corrected chi connectivity index (χ0v) is 8.86. The molecule has 0 amide bonds. The minimum atomic E-state index is 0.992. The summed E-state index contributed by atoms with van der Waals surface area (Å²) in [6, 6.07) is 6.03. The van der Waals surface area contributed by atoms with Crippen LogP contribution < -0.4 is 0 Å². The third kappa shape index (κ3) is 4.08. The summed E-state index contributed by atoms with van der Waals surface area (Å²) >= 11 is 0. The van der Waals surface area contributed by atoms with Crippen LogP contribution in [-0.4, -0.2) is 12.1 Å². The SMILES string of the molecule is CO/C(C)=C\CCCc1ccccn1. The van der Waals surface area contributed by atoms with Crippen molar-refractivity contribution in [3.05, 3.63) is 41.9 Å². The van der Waals surface area contributed by atoms with Gasteiger partial charge in [0.15, 0.2) is 0 Å². The van der Waals surface area contributed by atoms with Crippen molar-refractivity contribution in [2.45, 2.75) is 26.2 Å². The fourth-order valence-electron chi connectivity index (χ4n) is 1.22. The van der Waals surface area contributed by atoms with Crippen molar-refractivity contribution < 1.29 is 4.74 Å². The monoisotopic (exact) mass is 191 g/mol. The number of hydrogen-bond acceptors (Lipinski definition) is 2. The van der Waals surface area contributed by atoms with Gasteiger partial charge in [-0.1, -0.05) is 6.07 Å². The minimum Gasteiger partial charge on any atom is -0.502 e. The standard InChI is InChI=1S/C12H17NO/c1-11(14-2)7-3-4-8-12-9-5-6-10-13-12/h5-7,9-10H,3-4,8H2,1-2H3/b11-7-. The molecule has 0 unspecified atom stereocenters. The first-order valence-corrected chi connectivity index (χ1v) is 4.93. The lowest BCUT2D eigenvalue weighted by Gasteiger charge is -1.99. The Kier molecular flexibility index (Phi) is 4.76. The average molecular weight is 191 g/mol. The van der Waals surface area contributed by atoms with E-state index in [9.17, 15) is 0 Å². The fourth-order valence-corrected chi connectivity index (χ4v) is 1.22. The van der Waals surface area contributed by atoms with Crippen LogP contribution in [0.2, 0.25) is 0 Å². The van der Waals surface area contributed by atoms with E-state index in [2.05, 4.69) is 17.1 Å². The second-order valence-corrected chi connectivity index (χ2v) is 3.23. The minimum absolute atomic E-state index is 0.992. The maximum atomic E-state index is 5.05. The van der Waals surface area contributed by atoms with E-state index in [1.165, 1.54) is 0 Å². The predicted molar refractivity (Wildman–Crippen MR) is 57.9 cm³/mol. The van der Waals surface area contributed by atoms with E-state index < -0.39 is 0 Å². The molecule has 1 rings (SSSR count). The highest BCUT2D eigenvalue weighted by Crippen LogP contribution is 2.04. The molecule has 14 heavy (non-hydrogen) atoms. The number of aryl methyl sites for hydroxylation is 1. The normalized spacial score (nSPS) is 11.4. The van der Waals surface area contributed by atoms with Crippen LogP contribution in [0, 0.1) is 0 Å². The van der Waals surface area contributed by atoms with Crippen LogP contribution in [0.3, 0.4) is 0 Å². The first kappa shape index (κ1) is 10.8. The molecule has 0 aliphatic carbocycles. The molecule has 2 nitrogen and oxygen atoms in total. The van der Waals surface area contributed by atoms with Gasteiger partial charge in [-0.25, -0.2) is 0 Å². The second kappa shape index (κ2) is 6.19. The van der Waals surface area contributed by atoms with E-state index >= 15 is 0 Å². The zero-order chi connectivity index (χ0) is 10.2. The number of pyridine rings is 1. The van der Waals surface area contributed by atoms with Gasteiger partial charge in [-0.3, -0.25) is 4.98 Å². The van der Waals surface area contributed by atoms with Gasteiger partial charge in [0.05, 0.1) is 12.9 Å². The summed E-state index contributed by atoms with van der Waals surface area (Å²) in [7, 11) is 1.70. The molecule has 0 aliphatic rings. The summed E-state index contributed by atoms with van der Waals surface area (Å²) < 4.78 is 5.05. The largest absolute Gasteiger partial charge is 0.502 e. The van der Waals surface area contributed by atoms with Crippen molar-refractivity contribution in [2.75, 3.05) is 7.11 Å². The molecule has 0 saturated carbocycles. The van der Waals surface area contributed by atoms with Gasteiger partial charge in [0, 0.05) is 11.9 Å². The number of aromatic nitrogens is 1. The third-order valence-corrected chi connectivity index (χ3v) is 2.12. The quantitative estimate of drug-likeness (QED) is 0.527. The topological polar surface area (TPSA) is 22.1 Å². The summed E-state index contributed by atoms with van der Waals surface area (Å²) in [6.07, 6.45) is 7.16. The molecule has 0 aliphatic heterocycles. The number of methoxy groups -OCH3 is 1. The maximum Gasteiger partial charge on any atom is 0.0884 e. The van der Waals surface area contributed by atoms with E-state index in [1.807, 2.05) is 25.3 Å². The van der Waals surface area contributed by atoms with Gasteiger partial charge in [-0.15, -0.1) is 0 Å². The number of allylic oxidation sites excluding steroid dienone is 2. The Morgan fingerprint density at radius 2 is 2.36 bits per heavy atom. The number of nitrogens with zero attached hydrogens (tertiary/aromatic N) is 1. The van der Waals surface area contributed by atoms with Crippen LogP contribution in [0.15, 0.2) is 36.2 Å². The van der Waals surface area contributed by atoms with Crippen molar-refractivity contribution in [1.82, 2.24) is 4.98 Å². The molecule has 0 fully saturated rings. The highest BCUT2D eigenvalue weighted by atomic mass is 16.5. The Morgan fingerprint density at radius 1 is 1.50 bits per heavy atom. The molecule has 76 valence electrons. The molecule has 2 heteroatoms. The Morgan fingerprint density at radius 3 is 3.00 bits per heavy atom. The molecule has 0 saturated heterocycles. The van der Waals surface area contributed by atoms with E-state index in [0.29, 0.717) is 0 Å². The van der Waals surface area contributed by atoms with Crippen LogP contribution in [-0.2, 0) is 11.2 Å². The lowest BCUT2D eigenvalue weighted by atomic mass is 10.1. The second-order valence-electron chi connectivity index (χ2n) is 3.23. The van der Waals surface area contributed by atoms with Crippen molar-refractivity contribution in [1.29, 1.82) is 0 Å². The lowest BCUT2D eigenvalue weighted by Crippen LogP contribution is -1.88. The lowest BCUT2D eigenvalue weighted by molar-refractivity contribution is 0.291. The molecule has 1 aromatic rings. The third-order valence-electron chi connectivity index (χ3n) is 2.12. The van der Waals surface area contributed by atoms with Crippen LogP contribution in [0.1, 0.15) is 25.5 Å². The summed E-state index contributed by atoms with van der Waals surface area (Å²) in [5, 5.41) is 0. The Balaban J connectivity index is 2.23. The van der Waals surface area contributed by atoms with Gasteiger partial charge in [-0.05, 0) is 44.4 Å². The molecule has 1 heterocycles. The van der Waals surface area contributed by atoms with E-state index in [4.69, 9.17) is 4.74 Å². The van der Waals surface area contributed by atoms with Gasteiger partial charge in [-0.2, -0.15) is 0 Å². The Hall–Kier alpha value is -1.31. The van der Waals surface area contributed by atoms with Crippen LogP contribution in [0.4, 0.5) is 0 Å². The van der Waals surface area contributed by atoms with Crippen LogP contribution in [0.25, 0.3) is 0 Å². The first-order valence-electron chi connectivity index (χ1n) is 4.93. The van der Waals surface area contributed by atoms with E-state index in [-0.39, 0.29) is 0 Å². The van der Waals surface area contributed by atoms with Crippen molar-refractivity contribution in [2.24, 2.45) is 0 Å². The maximum absolute atomic E-state index is 5.05. The summed E-state index contributed by atoms with van der Waals surface area (Å²) in [4.78, 5) is 4.26.